The van der Waals surface area contributed by atoms with Crippen LogP contribution < -0.4 is 10.1 Å². The number of rotatable bonds is 9. The fourth-order valence-electron chi connectivity index (χ4n) is 4.47. The number of benzene rings is 3. The standard InChI is InChI=1S/C31H34N4O3S/c1-21-11-15-29(16-12-21)39(37,38)34-30(26-9-7-6-8-10-26)19-31(36)33-32-20-27-18-24(4)35(25(27)5)28-14-13-22(2)23(3)17-28/h6-18,20,30,34H,19H2,1-5H3,(H,33,36)/b32-20-/t30-/m1/s1. The monoisotopic (exact) mass is 542 g/mol. The predicted octanol–water partition coefficient (Wildman–Crippen LogP) is 5.58. The van der Waals surface area contributed by atoms with E-state index in [0.717, 1.165) is 28.2 Å². The van der Waals surface area contributed by atoms with Crippen LogP contribution in [0, 0.1) is 34.6 Å². The van der Waals surface area contributed by atoms with Gasteiger partial charge in [0.25, 0.3) is 0 Å². The summed E-state index contributed by atoms with van der Waals surface area (Å²) in [7, 11) is -3.84. The number of nitrogens with zero attached hydrogens (tertiary/aromatic N) is 2. The Morgan fingerprint density at radius 3 is 2.26 bits per heavy atom. The van der Waals surface area contributed by atoms with Crippen LogP contribution in [0.5, 0.6) is 0 Å². The van der Waals surface area contributed by atoms with Crippen LogP contribution >= 0.6 is 0 Å². The lowest BCUT2D eigenvalue weighted by Gasteiger charge is -2.18. The van der Waals surface area contributed by atoms with E-state index in [4.69, 9.17) is 0 Å². The predicted molar refractivity (Wildman–Crippen MR) is 156 cm³/mol. The SMILES string of the molecule is Cc1ccc(S(=O)(=O)N[C@H](CC(=O)N/N=C\c2cc(C)n(-c3ccc(C)c(C)c3)c2C)c2ccccc2)cc1. The first-order chi connectivity index (χ1) is 18.5. The van der Waals surface area contributed by atoms with Gasteiger partial charge < -0.3 is 4.57 Å². The highest BCUT2D eigenvalue weighted by atomic mass is 32.2. The van der Waals surface area contributed by atoms with Gasteiger partial charge in [-0.05, 0) is 81.6 Å². The second-order valence-corrected chi connectivity index (χ2v) is 11.5. The molecule has 2 N–H and O–H groups in total. The Kier molecular flexibility index (Phi) is 8.47. The quantitative estimate of drug-likeness (QED) is 0.214. The highest BCUT2D eigenvalue weighted by molar-refractivity contribution is 7.89. The average Bonchev–Trinajstić information content (AvgIpc) is 3.18. The van der Waals surface area contributed by atoms with Crippen LogP contribution in [0.2, 0.25) is 0 Å². The Labute approximate surface area is 230 Å². The van der Waals surface area contributed by atoms with Crippen molar-refractivity contribution < 1.29 is 13.2 Å². The zero-order chi connectivity index (χ0) is 28.2. The largest absolute Gasteiger partial charge is 0.318 e. The Balaban J connectivity index is 1.49. The van der Waals surface area contributed by atoms with Gasteiger partial charge in [-0.1, -0.05) is 54.1 Å². The number of nitrogens with one attached hydrogen (secondary N) is 2. The third-order valence-corrected chi connectivity index (χ3v) is 8.32. The maximum absolute atomic E-state index is 13.1. The van der Waals surface area contributed by atoms with Crippen LogP contribution in [-0.2, 0) is 14.8 Å². The van der Waals surface area contributed by atoms with Crippen molar-refractivity contribution >= 4 is 22.1 Å². The van der Waals surface area contributed by atoms with Gasteiger partial charge in [0.05, 0.1) is 17.2 Å². The number of hydrazone groups is 1. The smallest absolute Gasteiger partial charge is 0.242 e. The summed E-state index contributed by atoms with van der Waals surface area (Å²) in [5.74, 6) is -0.408. The minimum atomic E-state index is -3.84. The average molecular weight is 543 g/mol. The van der Waals surface area contributed by atoms with Crippen molar-refractivity contribution in [1.29, 1.82) is 0 Å². The fourth-order valence-corrected chi connectivity index (χ4v) is 5.70. The number of aryl methyl sites for hydroxylation is 4. The van der Waals surface area contributed by atoms with E-state index in [1.165, 1.54) is 11.1 Å². The highest BCUT2D eigenvalue weighted by Crippen LogP contribution is 2.23. The minimum Gasteiger partial charge on any atom is -0.318 e. The molecule has 39 heavy (non-hydrogen) atoms. The molecule has 0 radical (unpaired) electrons. The van der Waals surface area contributed by atoms with Gasteiger partial charge in [-0.15, -0.1) is 0 Å². The summed E-state index contributed by atoms with van der Waals surface area (Å²) in [5.41, 5.74) is 10.7. The minimum absolute atomic E-state index is 0.117. The van der Waals surface area contributed by atoms with Gasteiger partial charge in [-0.2, -0.15) is 5.10 Å². The highest BCUT2D eigenvalue weighted by Gasteiger charge is 2.23. The Bertz CT molecular complexity index is 1610. The molecule has 0 fully saturated rings. The maximum atomic E-state index is 13.1. The summed E-state index contributed by atoms with van der Waals surface area (Å²) in [6, 6.07) is 23.2. The molecule has 4 aromatic rings. The molecule has 0 bridgehead atoms. The first kappa shape index (κ1) is 28.0. The summed E-state index contributed by atoms with van der Waals surface area (Å²) in [6.07, 6.45) is 1.50. The van der Waals surface area contributed by atoms with Crippen molar-refractivity contribution in [3.05, 3.63) is 118 Å². The number of aromatic nitrogens is 1. The third kappa shape index (κ3) is 6.71. The lowest BCUT2D eigenvalue weighted by atomic mass is 10.0. The summed E-state index contributed by atoms with van der Waals surface area (Å²) in [6.45, 7) is 10.1. The molecule has 1 heterocycles. The molecule has 0 aliphatic rings. The van der Waals surface area contributed by atoms with Gasteiger partial charge in [-0.25, -0.2) is 18.6 Å². The van der Waals surface area contributed by atoms with Crippen molar-refractivity contribution in [2.75, 3.05) is 0 Å². The van der Waals surface area contributed by atoms with Crippen LogP contribution in [0.3, 0.4) is 0 Å². The Morgan fingerprint density at radius 2 is 1.59 bits per heavy atom. The number of hydrogen-bond donors (Lipinski definition) is 2. The summed E-state index contributed by atoms with van der Waals surface area (Å²) in [5, 5.41) is 4.18. The van der Waals surface area contributed by atoms with E-state index in [1.807, 2.05) is 45.0 Å². The number of carbonyl (C=O) groups is 1. The van der Waals surface area contributed by atoms with Gasteiger partial charge in [0, 0.05) is 29.1 Å². The van der Waals surface area contributed by atoms with E-state index < -0.39 is 22.0 Å². The topological polar surface area (TPSA) is 92.6 Å². The number of hydrogen-bond acceptors (Lipinski definition) is 4. The molecule has 8 heteroatoms. The zero-order valence-corrected chi connectivity index (χ0v) is 23.7. The lowest BCUT2D eigenvalue weighted by molar-refractivity contribution is -0.121. The van der Waals surface area contributed by atoms with Crippen LogP contribution in [-0.4, -0.2) is 25.1 Å². The van der Waals surface area contributed by atoms with Crippen molar-refractivity contribution in [2.24, 2.45) is 5.10 Å². The van der Waals surface area contributed by atoms with Crippen molar-refractivity contribution in [2.45, 2.75) is 52.0 Å². The van der Waals surface area contributed by atoms with Crippen molar-refractivity contribution in [3.8, 4) is 5.69 Å². The van der Waals surface area contributed by atoms with Gasteiger partial charge in [0.15, 0.2) is 0 Å². The van der Waals surface area contributed by atoms with E-state index in [0.29, 0.717) is 5.56 Å². The Hall–Kier alpha value is -4.01. The molecule has 3 aromatic carbocycles. The molecule has 4 rings (SSSR count). The summed E-state index contributed by atoms with van der Waals surface area (Å²) in [4.78, 5) is 13.0. The molecule has 0 unspecified atom stereocenters. The summed E-state index contributed by atoms with van der Waals surface area (Å²) < 4.78 is 31.0. The number of carbonyl (C=O) groups excluding carboxylic acids is 1. The molecule has 7 nitrogen and oxygen atoms in total. The molecule has 0 saturated carbocycles. The van der Waals surface area contributed by atoms with E-state index in [-0.39, 0.29) is 11.3 Å². The van der Waals surface area contributed by atoms with Crippen LogP contribution in [0.15, 0.2) is 88.9 Å². The lowest BCUT2D eigenvalue weighted by Crippen LogP contribution is -2.32. The van der Waals surface area contributed by atoms with Crippen LogP contribution in [0.4, 0.5) is 0 Å². The van der Waals surface area contributed by atoms with E-state index in [1.54, 1.807) is 42.6 Å². The molecular weight excluding hydrogens is 508 g/mol. The third-order valence-electron chi connectivity index (χ3n) is 6.83. The maximum Gasteiger partial charge on any atom is 0.242 e. The van der Waals surface area contributed by atoms with Gasteiger partial charge in [0.1, 0.15) is 0 Å². The number of sulfonamides is 1. The first-order valence-corrected chi connectivity index (χ1v) is 14.3. The molecule has 0 spiro atoms. The molecule has 1 aromatic heterocycles. The van der Waals surface area contributed by atoms with E-state index in [2.05, 4.69) is 51.9 Å². The molecule has 0 aliphatic carbocycles. The van der Waals surface area contributed by atoms with Gasteiger partial charge in [-0.3, -0.25) is 4.79 Å². The molecular formula is C31H34N4O3S. The molecule has 1 amide bonds. The van der Waals surface area contributed by atoms with Gasteiger partial charge in [0.2, 0.25) is 15.9 Å². The molecule has 202 valence electrons. The normalized spacial score (nSPS) is 12.5. The second kappa shape index (κ2) is 11.8. The van der Waals surface area contributed by atoms with E-state index in [9.17, 15) is 13.2 Å². The van der Waals surface area contributed by atoms with Crippen molar-refractivity contribution in [3.63, 3.8) is 0 Å². The fraction of sp³-hybridized carbons (Fsp3) is 0.226. The number of amides is 1. The van der Waals surface area contributed by atoms with Gasteiger partial charge >= 0.3 is 0 Å². The first-order valence-electron chi connectivity index (χ1n) is 12.8. The Morgan fingerprint density at radius 1 is 0.897 bits per heavy atom. The molecule has 0 aliphatic heterocycles. The van der Waals surface area contributed by atoms with Crippen molar-refractivity contribution in [1.82, 2.24) is 14.7 Å². The van der Waals surface area contributed by atoms with Crippen LogP contribution in [0.1, 0.15) is 51.7 Å². The molecule has 0 saturated heterocycles. The second-order valence-electron chi connectivity index (χ2n) is 9.83. The summed E-state index contributed by atoms with van der Waals surface area (Å²) >= 11 is 0. The van der Waals surface area contributed by atoms with Crippen LogP contribution in [0.25, 0.3) is 5.69 Å². The molecule has 1 atom stereocenters. The zero-order valence-electron chi connectivity index (χ0n) is 22.9. The van der Waals surface area contributed by atoms with E-state index >= 15 is 0 Å².